The average molecular weight is 352 g/mol. The number of aryl methyl sites for hydroxylation is 1. The van der Waals surface area contributed by atoms with Crippen LogP contribution >= 0.6 is 34.8 Å². The fourth-order valence-corrected chi connectivity index (χ4v) is 3.57. The minimum Gasteiger partial charge on any atom is -0.263 e. The zero-order chi connectivity index (χ0) is 14.9. The molecule has 0 saturated carbocycles. The monoisotopic (exact) mass is 350 g/mol. The van der Waals surface area contributed by atoms with Crippen LogP contribution in [0.25, 0.3) is 0 Å². The third kappa shape index (κ3) is 3.17. The molecule has 0 aliphatic heterocycles. The number of hydrogen-bond acceptors (Lipinski definition) is 3. The predicted octanol–water partition coefficient (Wildman–Crippen LogP) is 4.15. The first-order chi connectivity index (χ1) is 9.31. The van der Waals surface area contributed by atoms with Crippen LogP contribution in [0.2, 0.25) is 15.1 Å². The lowest BCUT2D eigenvalue weighted by Crippen LogP contribution is -2.15. The molecule has 1 heterocycles. The van der Waals surface area contributed by atoms with E-state index in [9.17, 15) is 8.42 Å². The summed E-state index contributed by atoms with van der Waals surface area (Å²) in [6.07, 6.45) is 1.49. The van der Waals surface area contributed by atoms with Crippen LogP contribution in [0.5, 0.6) is 0 Å². The summed E-state index contributed by atoms with van der Waals surface area (Å²) >= 11 is 17.5. The summed E-state index contributed by atoms with van der Waals surface area (Å²) in [5, 5.41) is 0.277. The Hall–Kier alpha value is -1.01. The van der Waals surface area contributed by atoms with Crippen LogP contribution in [0.15, 0.2) is 35.4 Å². The minimum absolute atomic E-state index is 0.0134. The minimum atomic E-state index is -3.89. The normalized spacial score (nSPS) is 11.4. The molecule has 1 aromatic carbocycles. The molecule has 0 unspecified atom stereocenters. The van der Waals surface area contributed by atoms with Crippen LogP contribution in [-0.4, -0.2) is 13.4 Å². The van der Waals surface area contributed by atoms with Gasteiger partial charge in [-0.05, 0) is 30.7 Å². The highest BCUT2D eigenvalue weighted by atomic mass is 35.5. The summed E-state index contributed by atoms with van der Waals surface area (Å²) in [6.45, 7) is 1.74. The van der Waals surface area contributed by atoms with Crippen LogP contribution < -0.4 is 4.72 Å². The molecule has 2 rings (SSSR count). The van der Waals surface area contributed by atoms with Crippen LogP contribution in [0.4, 0.5) is 5.82 Å². The Morgan fingerprint density at radius 3 is 2.40 bits per heavy atom. The van der Waals surface area contributed by atoms with Crippen LogP contribution in [0.1, 0.15) is 5.56 Å². The van der Waals surface area contributed by atoms with Crippen molar-refractivity contribution in [2.75, 3.05) is 4.72 Å². The summed E-state index contributed by atoms with van der Waals surface area (Å²) in [4.78, 5) is 3.81. The number of halogens is 3. The fourth-order valence-electron chi connectivity index (χ4n) is 1.49. The van der Waals surface area contributed by atoms with E-state index in [1.165, 1.54) is 18.3 Å². The first-order valence-corrected chi connectivity index (χ1v) is 8.02. The maximum absolute atomic E-state index is 12.3. The second kappa shape index (κ2) is 5.77. The highest BCUT2D eigenvalue weighted by molar-refractivity contribution is 7.92. The van der Waals surface area contributed by atoms with Crippen molar-refractivity contribution in [3.8, 4) is 0 Å². The van der Waals surface area contributed by atoms with E-state index in [0.29, 0.717) is 5.56 Å². The van der Waals surface area contributed by atoms with E-state index >= 15 is 0 Å². The van der Waals surface area contributed by atoms with Crippen LogP contribution in [0, 0.1) is 6.92 Å². The number of sulfonamides is 1. The molecule has 0 atom stereocenters. The zero-order valence-electron chi connectivity index (χ0n) is 10.2. The standard InChI is InChI=1S/C12H9Cl3N2O2S/c1-7-3-2-4-16-12(7)17-20(18,19)11-6-9(14)8(13)5-10(11)15/h2-6H,1H3,(H,16,17). The van der Waals surface area contributed by atoms with Gasteiger partial charge in [0.15, 0.2) is 0 Å². The number of aromatic nitrogens is 1. The third-order valence-corrected chi connectivity index (χ3v) is 5.03. The summed E-state index contributed by atoms with van der Waals surface area (Å²) in [6, 6.07) is 5.93. The van der Waals surface area contributed by atoms with Gasteiger partial charge in [-0.25, -0.2) is 13.4 Å². The second-order valence-electron chi connectivity index (χ2n) is 3.97. The first-order valence-electron chi connectivity index (χ1n) is 5.40. The van der Waals surface area contributed by atoms with Crippen molar-refractivity contribution >= 4 is 50.6 Å². The molecule has 0 saturated heterocycles. The van der Waals surface area contributed by atoms with E-state index in [4.69, 9.17) is 34.8 Å². The van der Waals surface area contributed by atoms with Crippen molar-refractivity contribution in [1.29, 1.82) is 0 Å². The molecule has 1 N–H and O–H groups in total. The lowest BCUT2D eigenvalue weighted by molar-refractivity contribution is 0.601. The second-order valence-corrected chi connectivity index (χ2v) is 6.84. The molecule has 0 bridgehead atoms. The zero-order valence-corrected chi connectivity index (χ0v) is 13.3. The Morgan fingerprint density at radius 1 is 1.10 bits per heavy atom. The van der Waals surface area contributed by atoms with E-state index in [2.05, 4.69) is 9.71 Å². The van der Waals surface area contributed by atoms with Crippen molar-refractivity contribution in [2.45, 2.75) is 11.8 Å². The Morgan fingerprint density at radius 2 is 1.75 bits per heavy atom. The number of pyridine rings is 1. The summed E-state index contributed by atoms with van der Waals surface area (Å²) in [5.74, 6) is 0.231. The molecule has 0 aliphatic rings. The summed E-state index contributed by atoms with van der Waals surface area (Å²) in [5.41, 5.74) is 0.687. The van der Waals surface area contributed by atoms with Crippen molar-refractivity contribution < 1.29 is 8.42 Å². The molecule has 2 aromatic rings. The van der Waals surface area contributed by atoms with Gasteiger partial charge in [0.25, 0.3) is 10.0 Å². The summed E-state index contributed by atoms with van der Waals surface area (Å²) < 4.78 is 27.0. The predicted molar refractivity (Wildman–Crippen MR) is 81.3 cm³/mol. The van der Waals surface area contributed by atoms with Gasteiger partial charge in [0, 0.05) is 6.20 Å². The Balaban J connectivity index is 2.47. The quantitative estimate of drug-likeness (QED) is 0.845. The number of benzene rings is 1. The molecular weight excluding hydrogens is 343 g/mol. The van der Waals surface area contributed by atoms with Gasteiger partial charge >= 0.3 is 0 Å². The average Bonchev–Trinajstić information content (AvgIpc) is 2.36. The van der Waals surface area contributed by atoms with Gasteiger partial charge in [0.1, 0.15) is 10.7 Å². The fraction of sp³-hybridized carbons (Fsp3) is 0.0833. The number of hydrogen-bond donors (Lipinski definition) is 1. The number of anilines is 1. The third-order valence-electron chi connectivity index (χ3n) is 2.50. The van der Waals surface area contributed by atoms with Crippen LogP contribution in [-0.2, 0) is 10.0 Å². The molecule has 4 nitrogen and oxygen atoms in total. The molecule has 0 amide bonds. The van der Waals surface area contributed by atoms with Gasteiger partial charge < -0.3 is 0 Å². The van der Waals surface area contributed by atoms with Crippen molar-refractivity contribution in [3.63, 3.8) is 0 Å². The Kier molecular flexibility index (Phi) is 4.44. The van der Waals surface area contributed by atoms with E-state index < -0.39 is 10.0 Å². The largest absolute Gasteiger partial charge is 0.264 e. The smallest absolute Gasteiger partial charge is 0.263 e. The molecule has 106 valence electrons. The van der Waals surface area contributed by atoms with E-state index in [1.807, 2.05) is 0 Å². The van der Waals surface area contributed by atoms with Crippen molar-refractivity contribution in [1.82, 2.24) is 4.98 Å². The number of nitrogens with zero attached hydrogens (tertiary/aromatic N) is 1. The maximum Gasteiger partial charge on any atom is 0.264 e. The Labute approximate surface area is 131 Å². The summed E-state index contributed by atoms with van der Waals surface area (Å²) in [7, 11) is -3.89. The van der Waals surface area contributed by atoms with Crippen molar-refractivity contribution in [2.24, 2.45) is 0 Å². The van der Waals surface area contributed by atoms with Gasteiger partial charge in [0.2, 0.25) is 0 Å². The van der Waals surface area contributed by atoms with E-state index in [0.717, 1.165) is 0 Å². The van der Waals surface area contributed by atoms with Crippen LogP contribution in [0.3, 0.4) is 0 Å². The van der Waals surface area contributed by atoms with Gasteiger partial charge in [0.05, 0.1) is 15.1 Å². The molecule has 20 heavy (non-hydrogen) atoms. The number of rotatable bonds is 3. The van der Waals surface area contributed by atoms with Gasteiger partial charge in [-0.15, -0.1) is 0 Å². The lowest BCUT2D eigenvalue weighted by atomic mass is 10.3. The SMILES string of the molecule is Cc1cccnc1NS(=O)(=O)c1cc(Cl)c(Cl)cc1Cl. The van der Waals surface area contributed by atoms with E-state index in [-0.39, 0.29) is 25.8 Å². The van der Waals surface area contributed by atoms with Gasteiger partial charge in [-0.3, -0.25) is 4.72 Å². The molecule has 0 fully saturated rings. The maximum atomic E-state index is 12.3. The van der Waals surface area contributed by atoms with Gasteiger partial charge in [-0.2, -0.15) is 0 Å². The van der Waals surface area contributed by atoms with E-state index in [1.54, 1.807) is 19.1 Å². The molecular formula is C12H9Cl3N2O2S. The Bertz CT molecular complexity index is 763. The van der Waals surface area contributed by atoms with Gasteiger partial charge in [-0.1, -0.05) is 40.9 Å². The topological polar surface area (TPSA) is 59.1 Å². The van der Waals surface area contributed by atoms with Crippen molar-refractivity contribution in [3.05, 3.63) is 51.1 Å². The lowest BCUT2D eigenvalue weighted by Gasteiger charge is -2.11. The molecule has 0 radical (unpaired) electrons. The molecule has 0 aliphatic carbocycles. The highest BCUT2D eigenvalue weighted by Gasteiger charge is 2.21. The molecule has 8 heteroatoms. The molecule has 1 aromatic heterocycles. The first kappa shape index (κ1) is 15.4. The molecule has 0 spiro atoms. The number of nitrogens with one attached hydrogen (secondary N) is 1. The highest BCUT2D eigenvalue weighted by Crippen LogP contribution is 2.32.